The third-order valence-corrected chi connectivity index (χ3v) is 1.89. The van der Waals surface area contributed by atoms with Crippen molar-refractivity contribution in [2.75, 3.05) is 6.61 Å². The minimum atomic E-state index is -0.278. The van der Waals surface area contributed by atoms with E-state index >= 15 is 0 Å². The second kappa shape index (κ2) is 4.83. The summed E-state index contributed by atoms with van der Waals surface area (Å²) < 4.78 is 4.75. The van der Waals surface area contributed by atoms with E-state index < -0.39 is 0 Å². The smallest absolute Gasteiger partial charge is 0.372 e. The highest BCUT2D eigenvalue weighted by molar-refractivity contribution is 8.13. The van der Waals surface area contributed by atoms with Gasteiger partial charge in [-0.2, -0.15) is 0 Å². The fraction of sp³-hybridized carbons (Fsp3) is 0.222. The summed E-state index contributed by atoms with van der Waals surface area (Å²) in [7, 11) is 0. The van der Waals surface area contributed by atoms with Crippen LogP contribution in [0, 0.1) is 6.07 Å². The summed E-state index contributed by atoms with van der Waals surface area (Å²) in [6, 6.07) is 10.2. The van der Waals surface area contributed by atoms with E-state index in [1.165, 1.54) is 0 Å². The molecule has 0 atom stereocenters. The van der Waals surface area contributed by atoms with Crippen LogP contribution in [0.1, 0.15) is 6.92 Å². The van der Waals surface area contributed by atoms with Gasteiger partial charge in [-0.3, -0.25) is 0 Å². The highest BCUT2D eigenvalue weighted by Gasteiger charge is 2.03. The van der Waals surface area contributed by atoms with Crippen molar-refractivity contribution in [3.05, 3.63) is 30.3 Å². The largest absolute Gasteiger partial charge is 0.458 e. The van der Waals surface area contributed by atoms with Crippen LogP contribution >= 0.6 is 11.8 Å². The molecule has 0 aliphatic rings. The van der Waals surface area contributed by atoms with Crippen LogP contribution in [-0.4, -0.2) is 11.9 Å². The Bertz CT molecular complexity index is 246. The molecule has 0 unspecified atom stereocenters. The van der Waals surface area contributed by atoms with Crippen LogP contribution < -0.4 is 0 Å². The molecule has 12 heavy (non-hydrogen) atoms. The molecule has 0 amide bonds. The van der Waals surface area contributed by atoms with Crippen LogP contribution in [0.5, 0.6) is 0 Å². The van der Waals surface area contributed by atoms with Gasteiger partial charge in [-0.1, -0.05) is 18.2 Å². The van der Waals surface area contributed by atoms with Crippen molar-refractivity contribution in [2.45, 2.75) is 11.8 Å². The van der Waals surface area contributed by atoms with Gasteiger partial charge < -0.3 is 4.74 Å². The lowest BCUT2D eigenvalue weighted by Crippen LogP contribution is -1.95. The number of hydrogen-bond donors (Lipinski definition) is 0. The SMILES string of the molecule is CCOC(=O)Sc1[c]cccc1. The number of benzene rings is 1. The van der Waals surface area contributed by atoms with E-state index in [0.29, 0.717) is 6.61 Å². The maximum Gasteiger partial charge on any atom is 0.372 e. The number of hydrogen-bond acceptors (Lipinski definition) is 3. The number of thioether (sulfide) groups is 1. The molecule has 1 aromatic carbocycles. The summed E-state index contributed by atoms with van der Waals surface area (Å²) >= 11 is 1.05. The van der Waals surface area contributed by atoms with Gasteiger partial charge in [-0.15, -0.1) is 0 Å². The van der Waals surface area contributed by atoms with Crippen LogP contribution in [0.2, 0.25) is 0 Å². The summed E-state index contributed by atoms with van der Waals surface area (Å²) in [5, 5.41) is -0.278. The third kappa shape index (κ3) is 2.96. The molecule has 0 aliphatic carbocycles. The Morgan fingerprint density at radius 2 is 2.50 bits per heavy atom. The van der Waals surface area contributed by atoms with E-state index in [4.69, 9.17) is 4.74 Å². The van der Waals surface area contributed by atoms with Gasteiger partial charge in [0, 0.05) is 4.90 Å². The minimum absolute atomic E-state index is 0.278. The molecule has 0 saturated heterocycles. The number of rotatable bonds is 2. The van der Waals surface area contributed by atoms with Gasteiger partial charge >= 0.3 is 5.30 Å². The molecular weight excluding hydrogens is 172 g/mol. The van der Waals surface area contributed by atoms with Gasteiger partial charge in [0.05, 0.1) is 6.61 Å². The Morgan fingerprint density at radius 1 is 1.67 bits per heavy atom. The Morgan fingerprint density at radius 3 is 3.08 bits per heavy atom. The second-order valence-electron chi connectivity index (χ2n) is 2.01. The topological polar surface area (TPSA) is 26.3 Å². The van der Waals surface area contributed by atoms with Gasteiger partial charge in [-0.05, 0) is 30.8 Å². The first-order valence-electron chi connectivity index (χ1n) is 3.64. The molecule has 63 valence electrons. The van der Waals surface area contributed by atoms with Gasteiger partial charge in [0.1, 0.15) is 0 Å². The number of carbonyl (C=O) groups excluding carboxylic acids is 1. The van der Waals surface area contributed by atoms with Crippen LogP contribution in [-0.2, 0) is 4.74 Å². The van der Waals surface area contributed by atoms with Crippen molar-refractivity contribution in [3.63, 3.8) is 0 Å². The molecule has 0 fully saturated rings. The van der Waals surface area contributed by atoms with E-state index in [1.807, 2.05) is 18.2 Å². The Labute approximate surface area is 75.9 Å². The van der Waals surface area contributed by atoms with Crippen molar-refractivity contribution >= 4 is 17.1 Å². The molecule has 0 bridgehead atoms. The standard InChI is InChI=1S/C9H9O2S/c1-2-11-9(10)12-8-6-4-3-5-7-8/h3-6H,2H2,1H3. The van der Waals surface area contributed by atoms with E-state index in [1.54, 1.807) is 13.0 Å². The first-order valence-corrected chi connectivity index (χ1v) is 4.46. The molecule has 0 aromatic heterocycles. The molecule has 0 aliphatic heterocycles. The maximum absolute atomic E-state index is 10.9. The maximum atomic E-state index is 10.9. The fourth-order valence-corrected chi connectivity index (χ4v) is 1.31. The molecule has 0 saturated carbocycles. The number of ether oxygens (including phenoxy) is 1. The van der Waals surface area contributed by atoms with E-state index in [2.05, 4.69) is 6.07 Å². The monoisotopic (exact) mass is 181 g/mol. The van der Waals surface area contributed by atoms with Gasteiger partial charge in [0.25, 0.3) is 0 Å². The van der Waals surface area contributed by atoms with Crippen molar-refractivity contribution in [1.82, 2.24) is 0 Å². The van der Waals surface area contributed by atoms with Crippen LogP contribution in [0.4, 0.5) is 4.79 Å². The molecule has 0 spiro atoms. The quantitative estimate of drug-likeness (QED) is 0.518. The van der Waals surface area contributed by atoms with Gasteiger partial charge in [-0.25, -0.2) is 4.79 Å². The summed E-state index contributed by atoms with van der Waals surface area (Å²) in [5.74, 6) is 0. The molecule has 3 heteroatoms. The van der Waals surface area contributed by atoms with Crippen molar-refractivity contribution in [3.8, 4) is 0 Å². The van der Waals surface area contributed by atoms with Crippen molar-refractivity contribution in [2.24, 2.45) is 0 Å². The summed E-state index contributed by atoms with van der Waals surface area (Å²) in [4.78, 5) is 11.7. The lowest BCUT2D eigenvalue weighted by molar-refractivity contribution is 0.181. The normalized spacial score (nSPS) is 9.42. The van der Waals surface area contributed by atoms with E-state index in [0.717, 1.165) is 16.7 Å². The second-order valence-corrected chi connectivity index (χ2v) is 2.99. The lowest BCUT2D eigenvalue weighted by atomic mass is 10.4. The zero-order valence-corrected chi connectivity index (χ0v) is 7.56. The lowest BCUT2D eigenvalue weighted by Gasteiger charge is -1.99. The molecule has 0 N–H and O–H groups in total. The first-order chi connectivity index (χ1) is 5.83. The molecule has 1 radical (unpaired) electrons. The van der Waals surface area contributed by atoms with Gasteiger partial charge in [0.15, 0.2) is 0 Å². The zero-order chi connectivity index (χ0) is 8.81. The van der Waals surface area contributed by atoms with Crippen LogP contribution in [0.25, 0.3) is 0 Å². The van der Waals surface area contributed by atoms with Crippen LogP contribution in [0.3, 0.4) is 0 Å². The molecule has 1 rings (SSSR count). The summed E-state index contributed by atoms with van der Waals surface area (Å²) in [6.07, 6.45) is 0. The average Bonchev–Trinajstić information content (AvgIpc) is 2.06. The Hall–Kier alpha value is -0.960. The molecule has 2 nitrogen and oxygen atoms in total. The fourth-order valence-electron chi connectivity index (χ4n) is 0.677. The number of carbonyl (C=O) groups is 1. The van der Waals surface area contributed by atoms with Crippen molar-refractivity contribution < 1.29 is 9.53 Å². The van der Waals surface area contributed by atoms with Gasteiger partial charge in [0.2, 0.25) is 0 Å². The molecular formula is C9H9O2S. The highest BCUT2D eigenvalue weighted by Crippen LogP contribution is 2.18. The molecule has 0 heterocycles. The summed E-state index contributed by atoms with van der Waals surface area (Å²) in [6.45, 7) is 2.20. The predicted octanol–water partition coefficient (Wildman–Crippen LogP) is 2.74. The molecule has 1 aromatic rings. The van der Waals surface area contributed by atoms with Crippen molar-refractivity contribution in [1.29, 1.82) is 0 Å². The predicted molar refractivity (Wildman–Crippen MR) is 48.2 cm³/mol. The van der Waals surface area contributed by atoms with E-state index in [-0.39, 0.29) is 5.30 Å². The van der Waals surface area contributed by atoms with Crippen LogP contribution in [0.15, 0.2) is 29.2 Å². The van der Waals surface area contributed by atoms with E-state index in [9.17, 15) is 4.79 Å². The summed E-state index contributed by atoms with van der Waals surface area (Å²) in [5.41, 5.74) is 0. The first kappa shape index (κ1) is 9.13. The highest BCUT2D eigenvalue weighted by atomic mass is 32.2. The third-order valence-electron chi connectivity index (χ3n) is 1.14. The Balaban J connectivity index is 2.47. The average molecular weight is 181 g/mol. The minimum Gasteiger partial charge on any atom is -0.458 e. The Kier molecular flexibility index (Phi) is 3.67. The zero-order valence-electron chi connectivity index (χ0n) is 6.74.